The molecule has 104 valence electrons. The van der Waals surface area contributed by atoms with E-state index in [0.29, 0.717) is 6.54 Å². The van der Waals surface area contributed by atoms with E-state index in [4.69, 9.17) is 0 Å². The van der Waals surface area contributed by atoms with Crippen molar-refractivity contribution in [3.8, 4) is 0 Å². The lowest BCUT2D eigenvalue weighted by molar-refractivity contribution is 0.0999. The summed E-state index contributed by atoms with van der Waals surface area (Å²) in [5.41, 5.74) is 4.23. The van der Waals surface area contributed by atoms with Gasteiger partial charge in [0.05, 0.1) is 6.54 Å². The van der Waals surface area contributed by atoms with Crippen LogP contribution in [-0.4, -0.2) is 18.9 Å². The minimum absolute atomic E-state index is 0.164. The van der Waals surface area contributed by atoms with Gasteiger partial charge in [-0.2, -0.15) is 0 Å². The lowest BCUT2D eigenvalue weighted by Gasteiger charge is -2.22. The van der Waals surface area contributed by atoms with Crippen LogP contribution in [0.5, 0.6) is 0 Å². The van der Waals surface area contributed by atoms with Gasteiger partial charge in [0, 0.05) is 17.8 Å². The molecule has 0 aliphatic heterocycles. The summed E-state index contributed by atoms with van der Waals surface area (Å²) in [4.78, 5) is 14.5. The van der Waals surface area contributed by atoms with E-state index in [1.165, 1.54) is 5.56 Å². The predicted molar refractivity (Wildman–Crippen MR) is 84.6 cm³/mol. The molecule has 0 saturated heterocycles. The summed E-state index contributed by atoms with van der Waals surface area (Å²) in [6.45, 7) is 7.39. The second-order valence-corrected chi connectivity index (χ2v) is 5.15. The van der Waals surface area contributed by atoms with Crippen LogP contribution in [0.15, 0.2) is 48.5 Å². The van der Waals surface area contributed by atoms with Gasteiger partial charge in [-0.15, -0.1) is 0 Å². The first kappa shape index (κ1) is 14.3. The maximum Gasteiger partial charge on any atom is 0.182 e. The molecule has 0 bridgehead atoms. The molecular formula is C18H21NO. The van der Waals surface area contributed by atoms with Crippen molar-refractivity contribution in [3.63, 3.8) is 0 Å². The molecule has 0 N–H and O–H groups in total. The molecule has 2 aromatic carbocycles. The van der Waals surface area contributed by atoms with Crippen molar-refractivity contribution < 1.29 is 4.79 Å². The summed E-state index contributed by atoms with van der Waals surface area (Å²) < 4.78 is 0. The molecule has 0 fully saturated rings. The summed E-state index contributed by atoms with van der Waals surface area (Å²) in [7, 11) is 0. The molecule has 0 aliphatic carbocycles. The molecular weight excluding hydrogens is 246 g/mol. The van der Waals surface area contributed by atoms with Gasteiger partial charge in [-0.25, -0.2) is 0 Å². The van der Waals surface area contributed by atoms with E-state index < -0.39 is 0 Å². The smallest absolute Gasteiger partial charge is 0.182 e. The number of benzene rings is 2. The Labute approximate surface area is 121 Å². The van der Waals surface area contributed by atoms with Crippen molar-refractivity contribution in [2.24, 2.45) is 0 Å². The van der Waals surface area contributed by atoms with Gasteiger partial charge >= 0.3 is 0 Å². The summed E-state index contributed by atoms with van der Waals surface area (Å²) in [5, 5.41) is 0. The number of likely N-dealkylation sites (N-methyl/N-ethyl adjacent to an activating group) is 1. The number of aryl methyl sites for hydroxylation is 2. The molecule has 2 nitrogen and oxygen atoms in total. The minimum atomic E-state index is 0.164. The van der Waals surface area contributed by atoms with Crippen LogP contribution in [-0.2, 0) is 0 Å². The van der Waals surface area contributed by atoms with Crippen LogP contribution in [0.2, 0.25) is 0 Å². The zero-order valence-corrected chi connectivity index (χ0v) is 12.4. The number of anilines is 1. The van der Waals surface area contributed by atoms with Crippen molar-refractivity contribution in [1.82, 2.24) is 0 Å². The maximum atomic E-state index is 12.4. The third-order valence-electron chi connectivity index (χ3n) is 3.42. The first-order valence-electron chi connectivity index (χ1n) is 7.01. The zero-order valence-electron chi connectivity index (χ0n) is 12.4. The molecule has 2 rings (SSSR count). The predicted octanol–water partition coefficient (Wildman–Crippen LogP) is 4.01. The fourth-order valence-corrected chi connectivity index (χ4v) is 2.29. The number of rotatable bonds is 5. The normalized spacial score (nSPS) is 10.3. The van der Waals surface area contributed by atoms with Gasteiger partial charge in [-0.05, 0) is 44.5 Å². The molecule has 0 aliphatic rings. The topological polar surface area (TPSA) is 20.3 Å². The van der Waals surface area contributed by atoms with Gasteiger partial charge < -0.3 is 4.90 Å². The lowest BCUT2D eigenvalue weighted by atomic mass is 10.1. The van der Waals surface area contributed by atoms with Crippen LogP contribution < -0.4 is 4.90 Å². The number of ketones is 1. The Balaban J connectivity index is 2.16. The molecule has 0 amide bonds. The highest BCUT2D eigenvalue weighted by Crippen LogP contribution is 2.16. The monoisotopic (exact) mass is 267 g/mol. The van der Waals surface area contributed by atoms with E-state index in [1.807, 2.05) is 37.3 Å². The number of hydrogen-bond donors (Lipinski definition) is 0. The highest BCUT2D eigenvalue weighted by atomic mass is 16.1. The Hall–Kier alpha value is -2.09. The fourth-order valence-electron chi connectivity index (χ4n) is 2.29. The van der Waals surface area contributed by atoms with Crippen LogP contribution in [0.4, 0.5) is 5.69 Å². The highest BCUT2D eigenvalue weighted by molar-refractivity contribution is 5.99. The molecule has 0 radical (unpaired) electrons. The van der Waals surface area contributed by atoms with E-state index in [9.17, 15) is 4.79 Å². The Kier molecular flexibility index (Phi) is 4.57. The van der Waals surface area contributed by atoms with E-state index in [0.717, 1.165) is 23.4 Å². The van der Waals surface area contributed by atoms with Crippen LogP contribution >= 0.6 is 0 Å². The zero-order chi connectivity index (χ0) is 14.5. The molecule has 2 heteroatoms. The van der Waals surface area contributed by atoms with Gasteiger partial charge in [-0.3, -0.25) is 4.79 Å². The largest absolute Gasteiger partial charge is 0.364 e. The van der Waals surface area contributed by atoms with Crippen LogP contribution in [0, 0.1) is 13.8 Å². The number of carbonyl (C=O) groups is 1. The average molecular weight is 267 g/mol. The fraction of sp³-hybridized carbons (Fsp3) is 0.278. The average Bonchev–Trinajstić information content (AvgIpc) is 2.44. The number of carbonyl (C=O) groups excluding carboxylic acids is 1. The Morgan fingerprint density at radius 3 is 2.25 bits per heavy atom. The minimum Gasteiger partial charge on any atom is -0.364 e. The standard InChI is InChI=1S/C18H21NO/c1-4-19(17-10-6-8-15(3)12-17)13-18(20)16-9-5-7-14(2)11-16/h5-12H,4,13H2,1-3H3. The van der Waals surface area contributed by atoms with Gasteiger partial charge in [0.1, 0.15) is 0 Å². The molecule has 0 spiro atoms. The maximum absolute atomic E-state index is 12.4. The second kappa shape index (κ2) is 6.38. The molecule has 0 atom stereocenters. The number of nitrogens with zero attached hydrogens (tertiary/aromatic N) is 1. The highest BCUT2D eigenvalue weighted by Gasteiger charge is 2.12. The Morgan fingerprint density at radius 2 is 1.65 bits per heavy atom. The van der Waals surface area contributed by atoms with E-state index in [1.54, 1.807) is 0 Å². The van der Waals surface area contributed by atoms with E-state index in [-0.39, 0.29) is 5.78 Å². The van der Waals surface area contributed by atoms with Crippen molar-refractivity contribution in [3.05, 3.63) is 65.2 Å². The Morgan fingerprint density at radius 1 is 1.00 bits per heavy atom. The van der Waals surface area contributed by atoms with Crippen molar-refractivity contribution in [2.75, 3.05) is 18.0 Å². The molecule has 0 unspecified atom stereocenters. The van der Waals surface area contributed by atoms with Gasteiger partial charge in [0.15, 0.2) is 5.78 Å². The summed E-state index contributed by atoms with van der Waals surface area (Å²) in [6, 6.07) is 16.1. The van der Waals surface area contributed by atoms with Gasteiger partial charge in [-0.1, -0.05) is 35.9 Å². The van der Waals surface area contributed by atoms with E-state index >= 15 is 0 Å². The third-order valence-corrected chi connectivity index (χ3v) is 3.42. The first-order valence-corrected chi connectivity index (χ1v) is 7.01. The number of Topliss-reactive ketones (excluding diaryl/α,β-unsaturated/α-hetero) is 1. The van der Waals surface area contributed by atoms with Crippen molar-refractivity contribution in [1.29, 1.82) is 0 Å². The summed E-state index contributed by atoms with van der Waals surface area (Å²) >= 11 is 0. The summed E-state index contributed by atoms with van der Waals surface area (Å²) in [5.74, 6) is 0.164. The quantitative estimate of drug-likeness (QED) is 0.763. The SMILES string of the molecule is CCN(CC(=O)c1cccc(C)c1)c1cccc(C)c1. The second-order valence-electron chi connectivity index (χ2n) is 5.15. The van der Waals surface area contributed by atoms with Crippen LogP contribution in [0.3, 0.4) is 0 Å². The number of hydrogen-bond acceptors (Lipinski definition) is 2. The molecule has 0 heterocycles. The van der Waals surface area contributed by atoms with Gasteiger partial charge in [0.25, 0.3) is 0 Å². The van der Waals surface area contributed by atoms with Crippen LogP contribution in [0.1, 0.15) is 28.4 Å². The third kappa shape index (κ3) is 3.47. The molecule has 0 aromatic heterocycles. The molecule has 20 heavy (non-hydrogen) atoms. The lowest BCUT2D eigenvalue weighted by Crippen LogP contribution is -2.29. The molecule has 2 aromatic rings. The van der Waals surface area contributed by atoms with Gasteiger partial charge in [0.2, 0.25) is 0 Å². The first-order chi connectivity index (χ1) is 9.60. The van der Waals surface area contributed by atoms with Crippen molar-refractivity contribution >= 4 is 11.5 Å². The molecule has 0 saturated carbocycles. The Bertz CT molecular complexity index is 604. The summed E-state index contributed by atoms with van der Waals surface area (Å²) in [6.07, 6.45) is 0. The van der Waals surface area contributed by atoms with E-state index in [2.05, 4.69) is 36.9 Å². The van der Waals surface area contributed by atoms with Crippen LogP contribution in [0.25, 0.3) is 0 Å². The van der Waals surface area contributed by atoms with Crippen molar-refractivity contribution in [2.45, 2.75) is 20.8 Å².